The summed E-state index contributed by atoms with van der Waals surface area (Å²) in [6, 6.07) is 3.26. The van der Waals surface area contributed by atoms with Crippen LogP contribution in [0.25, 0.3) is 0 Å². The minimum atomic E-state index is -1.09. The zero-order valence-electron chi connectivity index (χ0n) is 10.5. The van der Waals surface area contributed by atoms with Crippen LogP contribution in [0.5, 0.6) is 11.5 Å². The zero-order valence-corrected chi connectivity index (χ0v) is 12.1. The molecule has 8 nitrogen and oxygen atoms in total. The molecule has 0 atom stereocenters. The van der Waals surface area contributed by atoms with Gasteiger partial charge in [0.15, 0.2) is 18.1 Å². The van der Waals surface area contributed by atoms with Crippen molar-refractivity contribution in [2.75, 3.05) is 13.7 Å². The molecule has 1 aromatic rings. The van der Waals surface area contributed by atoms with E-state index in [0.29, 0.717) is 15.8 Å². The molecule has 0 aromatic heterocycles. The van der Waals surface area contributed by atoms with Gasteiger partial charge < -0.3 is 26.0 Å². The first-order chi connectivity index (χ1) is 9.43. The molecule has 0 fully saturated rings. The highest BCUT2D eigenvalue weighted by Gasteiger charge is 2.12. The van der Waals surface area contributed by atoms with Gasteiger partial charge in [-0.25, -0.2) is 4.79 Å². The number of carboxylic acid groups (broad SMARTS) is 1. The number of guanidine groups is 1. The van der Waals surface area contributed by atoms with Gasteiger partial charge in [0.1, 0.15) is 0 Å². The zero-order chi connectivity index (χ0) is 15.1. The van der Waals surface area contributed by atoms with E-state index in [1.807, 2.05) is 0 Å². The molecule has 0 amide bonds. The predicted molar refractivity (Wildman–Crippen MR) is 77.2 cm³/mol. The Morgan fingerprint density at radius 3 is 2.75 bits per heavy atom. The normalized spacial score (nSPS) is 10.3. The maximum atomic E-state index is 10.5. The molecule has 0 bridgehead atoms. The third kappa shape index (κ3) is 4.76. The van der Waals surface area contributed by atoms with Gasteiger partial charge in [0.05, 0.1) is 17.8 Å². The molecule has 0 radical (unpaired) electrons. The Bertz CT molecular complexity index is 556. The third-order valence-electron chi connectivity index (χ3n) is 1.97. The average molecular weight is 345 g/mol. The fraction of sp³-hybridized carbons (Fsp3) is 0.182. The van der Waals surface area contributed by atoms with Crippen molar-refractivity contribution in [2.45, 2.75) is 0 Å². The summed E-state index contributed by atoms with van der Waals surface area (Å²) in [5, 5.41) is 15.7. The molecule has 0 aliphatic carbocycles. The lowest BCUT2D eigenvalue weighted by Crippen LogP contribution is -2.21. The molecule has 0 saturated carbocycles. The molecule has 0 saturated heterocycles. The van der Waals surface area contributed by atoms with Gasteiger partial charge in [0, 0.05) is 0 Å². The maximum Gasteiger partial charge on any atom is 0.341 e. The molecule has 1 aromatic carbocycles. The number of halogens is 1. The standard InChI is InChI=1S/C11H13BrN4O4/c1-19-8-3-6(4-15-16-11(13)14)2-7(12)10(8)20-5-9(17)18/h2-4H,5H2,1H3,(H,17,18)(H4,13,14,16). The molecule has 1 rings (SSSR count). The lowest BCUT2D eigenvalue weighted by atomic mass is 10.2. The van der Waals surface area contributed by atoms with Gasteiger partial charge >= 0.3 is 5.97 Å². The Hall–Kier alpha value is -2.29. The summed E-state index contributed by atoms with van der Waals surface area (Å²) in [4.78, 5) is 10.5. The molecule has 0 unspecified atom stereocenters. The van der Waals surface area contributed by atoms with Crippen LogP contribution in [0.1, 0.15) is 5.56 Å². The first-order valence-corrected chi connectivity index (χ1v) is 6.07. The van der Waals surface area contributed by atoms with Crippen molar-refractivity contribution in [3.8, 4) is 11.5 Å². The molecule has 20 heavy (non-hydrogen) atoms. The molecule has 0 spiro atoms. The van der Waals surface area contributed by atoms with Gasteiger partial charge in [-0.05, 0) is 33.6 Å². The fourth-order valence-corrected chi connectivity index (χ4v) is 1.82. The number of carbonyl (C=O) groups is 1. The largest absolute Gasteiger partial charge is 0.493 e. The van der Waals surface area contributed by atoms with Crippen molar-refractivity contribution in [1.82, 2.24) is 0 Å². The summed E-state index contributed by atoms with van der Waals surface area (Å²) in [7, 11) is 1.44. The van der Waals surface area contributed by atoms with E-state index >= 15 is 0 Å². The third-order valence-corrected chi connectivity index (χ3v) is 2.56. The molecular weight excluding hydrogens is 332 g/mol. The van der Waals surface area contributed by atoms with Gasteiger partial charge in [0.2, 0.25) is 5.96 Å². The number of ether oxygens (including phenoxy) is 2. The van der Waals surface area contributed by atoms with Crippen molar-refractivity contribution in [1.29, 1.82) is 0 Å². The molecule has 5 N–H and O–H groups in total. The summed E-state index contributed by atoms with van der Waals surface area (Å²) >= 11 is 3.26. The van der Waals surface area contributed by atoms with Crippen LogP contribution in [0, 0.1) is 0 Å². The monoisotopic (exact) mass is 344 g/mol. The minimum Gasteiger partial charge on any atom is -0.493 e. The molecule has 0 aliphatic heterocycles. The molecule has 9 heteroatoms. The lowest BCUT2D eigenvalue weighted by molar-refractivity contribution is -0.139. The number of carboxylic acids is 1. The van der Waals surface area contributed by atoms with E-state index in [9.17, 15) is 4.79 Å². The van der Waals surface area contributed by atoms with Crippen molar-refractivity contribution < 1.29 is 19.4 Å². The van der Waals surface area contributed by atoms with Crippen LogP contribution in [0.4, 0.5) is 0 Å². The summed E-state index contributed by atoms with van der Waals surface area (Å²) in [6.07, 6.45) is 1.41. The SMILES string of the molecule is COc1cc(C=NN=C(N)N)cc(Br)c1OCC(=O)O. The molecule has 108 valence electrons. The number of rotatable bonds is 6. The van der Waals surface area contributed by atoms with Crippen LogP contribution in [-0.2, 0) is 4.79 Å². The topological polar surface area (TPSA) is 133 Å². The highest BCUT2D eigenvalue weighted by molar-refractivity contribution is 9.10. The molecule has 0 heterocycles. The van der Waals surface area contributed by atoms with Crippen LogP contribution in [0.3, 0.4) is 0 Å². The number of methoxy groups -OCH3 is 1. The average Bonchev–Trinajstić information content (AvgIpc) is 2.36. The number of hydrogen-bond acceptors (Lipinski definition) is 5. The van der Waals surface area contributed by atoms with E-state index < -0.39 is 12.6 Å². The first-order valence-electron chi connectivity index (χ1n) is 5.28. The Kier molecular flexibility index (Phi) is 5.78. The van der Waals surface area contributed by atoms with Gasteiger partial charge in [0.25, 0.3) is 0 Å². The smallest absolute Gasteiger partial charge is 0.341 e. The summed E-state index contributed by atoms with van der Waals surface area (Å²) in [5.41, 5.74) is 10.9. The van der Waals surface area contributed by atoms with Gasteiger partial charge in [-0.1, -0.05) is 0 Å². The van der Waals surface area contributed by atoms with E-state index in [1.54, 1.807) is 12.1 Å². The first kappa shape index (κ1) is 15.8. The van der Waals surface area contributed by atoms with E-state index in [2.05, 4.69) is 26.1 Å². The summed E-state index contributed by atoms with van der Waals surface area (Å²) in [6.45, 7) is -0.476. The van der Waals surface area contributed by atoms with Crippen LogP contribution >= 0.6 is 15.9 Å². The van der Waals surface area contributed by atoms with Crippen molar-refractivity contribution in [3.63, 3.8) is 0 Å². The Morgan fingerprint density at radius 1 is 1.50 bits per heavy atom. The van der Waals surface area contributed by atoms with E-state index in [-0.39, 0.29) is 11.7 Å². The number of nitrogens with two attached hydrogens (primary N) is 2. The predicted octanol–water partition coefficient (Wildman–Crippen LogP) is 0.528. The van der Waals surface area contributed by atoms with E-state index in [1.165, 1.54) is 13.3 Å². The fourth-order valence-electron chi connectivity index (χ4n) is 1.25. The summed E-state index contributed by atoms with van der Waals surface area (Å²) in [5.74, 6) is -0.605. The molecule has 0 aliphatic rings. The highest BCUT2D eigenvalue weighted by atomic mass is 79.9. The van der Waals surface area contributed by atoms with Gasteiger partial charge in [-0.15, -0.1) is 5.10 Å². The number of benzene rings is 1. The molecular formula is C11H13BrN4O4. The maximum absolute atomic E-state index is 10.5. The van der Waals surface area contributed by atoms with Gasteiger partial charge in [-0.2, -0.15) is 5.10 Å². The lowest BCUT2D eigenvalue weighted by Gasteiger charge is -2.11. The second-order valence-electron chi connectivity index (χ2n) is 3.49. The van der Waals surface area contributed by atoms with Crippen molar-refractivity contribution in [3.05, 3.63) is 22.2 Å². The van der Waals surface area contributed by atoms with Crippen LogP contribution in [-0.4, -0.2) is 37.0 Å². The van der Waals surface area contributed by atoms with E-state index in [4.69, 9.17) is 26.0 Å². The van der Waals surface area contributed by atoms with Crippen LogP contribution in [0.15, 0.2) is 26.8 Å². The Morgan fingerprint density at radius 2 is 2.20 bits per heavy atom. The number of aliphatic carboxylic acids is 1. The number of nitrogens with zero attached hydrogens (tertiary/aromatic N) is 2. The second-order valence-corrected chi connectivity index (χ2v) is 4.34. The van der Waals surface area contributed by atoms with Crippen molar-refractivity contribution in [2.24, 2.45) is 21.7 Å². The van der Waals surface area contributed by atoms with Crippen LogP contribution < -0.4 is 20.9 Å². The Balaban J connectivity index is 3.03. The van der Waals surface area contributed by atoms with Gasteiger partial charge in [-0.3, -0.25) is 0 Å². The quantitative estimate of drug-likeness (QED) is 0.391. The van der Waals surface area contributed by atoms with Crippen molar-refractivity contribution >= 4 is 34.1 Å². The minimum absolute atomic E-state index is 0.159. The van der Waals surface area contributed by atoms with E-state index in [0.717, 1.165) is 0 Å². The second kappa shape index (κ2) is 7.34. The van der Waals surface area contributed by atoms with Crippen LogP contribution in [0.2, 0.25) is 0 Å². The summed E-state index contributed by atoms with van der Waals surface area (Å²) < 4.78 is 10.8. The highest BCUT2D eigenvalue weighted by Crippen LogP contribution is 2.36. The Labute approximate surface area is 123 Å². The number of hydrogen-bond donors (Lipinski definition) is 3.